The highest BCUT2D eigenvalue weighted by Crippen LogP contribution is 2.16. The number of aliphatic imine (C=N–C) groups is 1. The third kappa shape index (κ3) is 15.9. The van der Waals surface area contributed by atoms with Gasteiger partial charge < -0.3 is 15.7 Å². The van der Waals surface area contributed by atoms with Gasteiger partial charge in [-0.3, -0.25) is 0 Å². The van der Waals surface area contributed by atoms with Crippen LogP contribution in [0.2, 0.25) is 0 Å². The number of aryl methyl sites for hydroxylation is 2. The maximum absolute atomic E-state index is 12.7. The standard InChI is InChI=1S/C18H26BrN3O.C11H15F.CO2/c1-5-14-9-8-10-16(11-14)20-13(4)21-18(17(19)7-3)22-15(6-2)12-23;1-9(2)6-7-10-4-3-5-11(12)8-10;2-1-3/h7-11,15,22-23H,3,5-6,12H2,1-2,4H3,(H,20,21);3-5,8-9H,6-7H2,1-2H3;/b18-17-;;. The van der Waals surface area contributed by atoms with Gasteiger partial charge in [-0.1, -0.05) is 64.6 Å². The Morgan fingerprint density at radius 2 is 1.79 bits per heavy atom. The fourth-order valence-corrected chi connectivity index (χ4v) is 3.35. The highest BCUT2D eigenvalue weighted by molar-refractivity contribution is 9.11. The molecule has 0 aromatic heterocycles. The minimum absolute atomic E-state index is 0.0440. The monoisotopic (exact) mass is 589 g/mol. The van der Waals surface area contributed by atoms with Crippen LogP contribution in [0.25, 0.3) is 0 Å². The number of aliphatic hydroxyl groups excluding tert-OH is 1. The maximum Gasteiger partial charge on any atom is 0.373 e. The zero-order valence-electron chi connectivity index (χ0n) is 23.1. The van der Waals surface area contributed by atoms with Crippen LogP contribution in [0, 0.1) is 11.7 Å². The average molecular weight is 591 g/mol. The quantitative estimate of drug-likeness (QED) is 0.149. The molecule has 0 aliphatic rings. The first-order valence-electron chi connectivity index (χ1n) is 12.7. The number of nitrogens with zero attached hydrogens (tertiary/aromatic N) is 1. The van der Waals surface area contributed by atoms with Crippen LogP contribution in [0.15, 0.2) is 76.5 Å². The van der Waals surface area contributed by atoms with Gasteiger partial charge in [0.1, 0.15) is 17.5 Å². The third-order valence-corrected chi connectivity index (χ3v) is 6.00. The number of hydrogen-bond donors (Lipinski definition) is 3. The van der Waals surface area contributed by atoms with Crippen molar-refractivity contribution < 1.29 is 19.1 Å². The largest absolute Gasteiger partial charge is 0.394 e. The maximum atomic E-state index is 12.7. The molecule has 0 amide bonds. The summed E-state index contributed by atoms with van der Waals surface area (Å²) in [4.78, 5) is 20.8. The summed E-state index contributed by atoms with van der Waals surface area (Å²) >= 11 is 3.45. The summed E-state index contributed by atoms with van der Waals surface area (Å²) in [6, 6.07) is 15.1. The lowest BCUT2D eigenvalue weighted by atomic mass is 10.0. The van der Waals surface area contributed by atoms with E-state index in [4.69, 9.17) is 9.59 Å². The lowest BCUT2D eigenvalue weighted by molar-refractivity contribution is -0.191. The van der Waals surface area contributed by atoms with Crippen LogP contribution in [0.3, 0.4) is 0 Å². The Kier molecular flexibility index (Phi) is 19.3. The number of nitrogens with one attached hydrogen (secondary N) is 2. The molecule has 0 spiro atoms. The zero-order valence-corrected chi connectivity index (χ0v) is 24.6. The summed E-state index contributed by atoms with van der Waals surface area (Å²) in [7, 11) is 0. The van der Waals surface area contributed by atoms with E-state index >= 15 is 0 Å². The average Bonchev–Trinajstić information content (AvgIpc) is 2.90. The van der Waals surface area contributed by atoms with E-state index < -0.39 is 0 Å². The fraction of sp³-hybridized carbons (Fsp3) is 0.400. The van der Waals surface area contributed by atoms with Crippen LogP contribution in [-0.2, 0) is 22.4 Å². The highest BCUT2D eigenvalue weighted by Gasteiger charge is 2.09. The van der Waals surface area contributed by atoms with Gasteiger partial charge in [0.25, 0.3) is 0 Å². The molecular weight excluding hydrogens is 549 g/mol. The molecule has 8 heteroatoms. The SMILES string of the molecule is C=C/C(Br)=C(\N=C(/C)Nc1cccc(CC)c1)NC(CC)CO.CC(C)CCc1cccc(F)c1.O=C=O. The Balaban J connectivity index is 0.000000759. The smallest absolute Gasteiger partial charge is 0.373 e. The van der Waals surface area contributed by atoms with Crippen LogP contribution in [0.4, 0.5) is 10.1 Å². The van der Waals surface area contributed by atoms with Crippen molar-refractivity contribution in [3.05, 3.63) is 88.4 Å². The highest BCUT2D eigenvalue weighted by atomic mass is 79.9. The molecule has 3 N–H and O–H groups in total. The summed E-state index contributed by atoms with van der Waals surface area (Å²) in [5.74, 6) is 1.97. The molecule has 1 unspecified atom stereocenters. The van der Waals surface area contributed by atoms with Gasteiger partial charge in [-0.15, -0.1) is 0 Å². The van der Waals surface area contributed by atoms with Crippen LogP contribution in [-0.4, -0.2) is 29.7 Å². The number of amidine groups is 1. The number of anilines is 1. The summed E-state index contributed by atoms with van der Waals surface area (Å²) < 4.78 is 13.4. The van der Waals surface area contributed by atoms with Crippen molar-refractivity contribution in [1.82, 2.24) is 5.32 Å². The predicted molar refractivity (Wildman–Crippen MR) is 158 cm³/mol. The topological polar surface area (TPSA) is 90.8 Å². The minimum Gasteiger partial charge on any atom is -0.394 e. The van der Waals surface area contributed by atoms with E-state index in [-0.39, 0.29) is 24.6 Å². The molecule has 208 valence electrons. The van der Waals surface area contributed by atoms with E-state index in [0.29, 0.717) is 11.7 Å². The first-order chi connectivity index (χ1) is 18.1. The van der Waals surface area contributed by atoms with Crippen LogP contribution in [0.1, 0.15) is 58.6 Å². The Morgan fingerprint density at radius 3 is 2.32 bits per heavy atom. The van der Waals surface area contributed by atoms with Gasteiger partial charge in [0, 0.05) is 5.69 Å². The Hall–Kier alpha value is -3.06. The Morgan fingerprint density at radius 1 is 1.16 bits per heavy atom. The molecule has 2 aromatic carbocycles. The third-order valence-electron chi connectivity index (χ3n) is 5.30. The van der Waals surface area contributed by atoms with Crippen LogP contribution in [0.5, 0.6) is 0 Å². The van der Waals surface area contributed by atoms with E-state index in [1.165, 1.54) is 11.6 Å². The van der Waals surface area contributed by atoms with Crippen molar-refractivity contribution in [2.75, 3.05) is 11.9 Å². The molecule has 0 heterocycles. The first-order valence-corrected chi connectivity index (χ1v) is 13.5. The molecule has 2 aromatic rings. The van der Waals surface area contributed by atoms with E-state index in [9.17, 15) is 9.50 Å². The summed E-state index contributed by atoms with van der Waals surface area (Å²) in [5, 5.41) is 15.9. The summed E-state index contributed by atoms with van der Waals surface area (Å²) in [6.07, 6.45) is 5.84. The normalized spacial score (nSPS) is 12.1. The molecule has 0 radical (unpaired) electrons. The molecule has 6 nitrogen and oxygen atoms in total. The number of hydrogen-bond acceptors (Lipinski definition) is 5. The fourth-order valence-electron chi connectivity index (χ4n) is 3.14. The second-order valence-electron chi connectivity index (χ2n) is 8.85. The molecule has 0 fully saturated rings. The van der Waals surface area contributed by atoms with Gasteiger partial charge in [0.2, 0.25) is 0 Å². The molecule has 0 saturated carbocycles. The lowest BCUT2D eigenvalue weighted by Gasteiger charge is -2.17. The number of rotatable bonds is 11. The van der Waals surface area contributed by atoms with Crippen LogP contribution >= 0.6 is 15.9 Å². The van der Waals surface area contributed by atoms with E-state index in [2.05, 4.69) is 71.0 Å². The van der Waals surface area contributed by atoms with Crippen molar-refractivity contribution >= 4 is 33.6 Å². The summed E-state index contributed by atoms with van der Waals surface area (Å²) in [6.45, 7) is 14.2. The van der Waals surface area contributed by atoms with Gasteiger partial charge in [-0.25, -0.2) is 9.38 Å². The van der Waals surface area contributed by atoms with Crippen LogP contribution < -0.4 is 10.6 Å². The number of aliphatic hydroxyl groups is 1. The van der Waals surface area contributed by atoms with Gasteiger partial charge in [0.05, 0.1) is 17.1 Å². The van der Waals surface area contributed by atoms with E-state index in [1.54, 1.807) is 18.2 Å². The van der Waals surface area contributed by atoms with Crippen molar-refractivity contribution in [3.8, 4) is 0 Å². The minimum atomic E-state index is -0.128. The molecule has 0 saturated heterocycles. The number of allylic oxidation sites excluding steroid dienone is 2. The van der Waals surface area contributed by atoms with Crippen molar-refractivity contribution in [1.29, 1.82) is 0 Å². The molecule has 2 rings (SSSR count). The second-order valence-corrected chi connectivity index (χ2v) is 9.71. The molecule has 0 aliphatic carbocycles. The zero-order chi connectivity index (χ0) is 28.9. The summed E-state index contributed by atoms with van der Waals surface area (Å²) in [5.41, 5.74) is 3.38. The second kappa shape index (κ2) is 20.9. The van der Waals surface area contributed by atoms with Crippen molar-refractivity contribution in [2.45, 2.75) is 66.3 Å². The van der Waals surface area contributed by atoms with Crippen molar-refractivity contribution in [3.63, 3.8) is 0 Å². The lowest BCUT2D eigenvalue weighted by Crippen LogP contribution is -2.31. The molecule has 1 atom stereocenters. The van der Waals surface area contributed by atoms with Crippen molar-refractivity contribution in [2.24, 2.45) is 10.9 Å². The first kappa shape index (κ1) is 34.9. The molecular formula is C30H41BrFN3O3. The molecule has 38 heavy (non-hydrogen) atoms. The van der Waals surface area contributed by atoms with Gasteiger partial charge >= 0.3 is 6.15 Å². The van der Waals surface area contributed by atoms with Gasteiger partial charge in [-0.2, -0.15) is 9.59 Å². The Labute approximate surface area is 235 Å². The number of carbonyl (C=O) groups excluding carboxylic acids is 2. The van der Waals surface area contributed by atoms with E-state index in [1.807, 2.05) is 32.0 Å². The van der Waals surface area contributed by atoms with Gasteiger partial charge in [0.15, 0.2) is 0 Å². The molecule has 0 aliphatic heterocycles. The Bertz CT molecular complexity index is 1060. The molecule has 0 bridgehead atoms. The number of benzene rings is 2. The van der Waals surface area contributed by atoms with E-state index in [0.717, 1.165) is 47.3 Å². The predicted octanol–water partition coefficient (Wildman–Crippen LogP) is 7.02. The number of halogens is 2. The van der Waals surface area contributed by atoms with Gasteiger partial charge in [-0.05, 0) is 89.8 Å².